The molecule has 0 aromatic carbocycles. The highest BCUT2D eigenvalue weighted by molar-refractivity contribution is 5.38. The fourth-order valence-corrected chi connectivity index (χ4v) is 2.08. The van der Waals surface area contributed by atoms with Gasteiger partial charge in [-0.2, -0.15) is 0 Å². The highest BCUT2D eigenvalue weighted by Crippen LogP contribution is 2.23. The van der Waals surface area contributed by atoms with Crippen molar-refractivity contribution in [3.63, 3.8) is 0 Å². The van der Waals surface area contributed by atoms with Gasteiger partial charge in [0.2, 0.25) is 0 Å². The summed E-state index contributed by atoms with van der Waals surface area (Å²) in [6, 6.07) is 3.65. The van der Waals surface area contributed by atoms with Crippen molar-refractivity contribution in [2.24, 2.45) is 5.92 Å². The quantitative estimate of drug-likeness (QED) is 0.794. The van der Waals surface area contributed by atoms with Crippen LogP contribution in [0.2, 0.25) is 0 Å². The molecule has 82 valence electrons. The van der Waals surface area contributed by atoms with E-state index >= 15 is 0 Å². The smallest absolute Gasteiger partial charge is 0.148 e. The van der Waals surface area contributed by atoms with E-state index < -0.39 is 0 Å². The van der Waals surface area contributed by atoms with Gasteiger partial charge in [-0.25, -0.2) is 0 Å². The molecule has 1 saturated carbocycles. The average molecular weight is 206 g/mol. The number of nitrogens with two attached hydrogens (primary N) is 1. The summed E-state index contributed by atoms with van der Waals surface area (Å²) in [6.45, 7) is 1.01. The van der Waals surface area contributed by atoms with Crippen molar-refractivity contribution in [1.82, 2.24) is 10.2 Å². The Bertz CT molecular complexity index is 290. The fraction of sp³-hybridized carbons (Fsp3) is 0.636. The first kappa shape index (κ1) is 10.2. The molecular weight excluding hydrogens is 188 g/mol. The van der Waals surface area contributed by atoms with E-state index in [0.717, 1.165) is 18.3 Å². The van der Waals surface area contributed by atoms with E-state index in [9.17, 15) is 0 Å². The lowest BCUT2D eigenvalue weighted by molar-refractivity contribution is 0.373. The predicted molar refractivity (Wildman–Crippen MR) is 61.5 cm³/mol. The number of hydrogen-bond donors (Lipinski definition) is 2. The van der Waals surface area contributed by atoms with Crippen LogP contribution in [0.4, 0.5) is 11.6 Å². The van der Waals surface area contributed by atoms with E-state index in [1.165, 1.54) is 32.1 Å². The lowest BCUT2D eigenvalue weighted by Crippen LogP contribution is -2.17. The zero-order valence-corrected chi connectivity index (χ0v) is 8.95. The van der Waals surface area contributed by atoms with E-state index in [1.807, 2.05) is 6.07 Å². The summed E-state index contributed by atoms with van der Waals surface area (Å²) in [7, 11) is 0. The van der Waals surface area contributed by atoms with Crippen molar-refractivity contribution in [2.75, 3.05) is 17.6 Å². The first-order valence-electron chi connectivity index (χ1n) is 5.67. The molecule has 4 nitrogen and oxygen atoms in total. The number of nitrogen functional groups attached to an aromatic ring is 1. The molecule has 4 heteroatoms. The molecule has 1 aromatic heterocycles. The van der Waals surface area contributed by atoms with E-state index in [0.29, 0.717) is 5.82 Å². The number of hydrogen-bond acceptors (Lipinski definition) is 4. The Balaban J connectivity index is 1.79. The fourth-order valence-electron chi connectivity index (χ4n) is 2.08. The number of rotatable bonds is 3. The van der Waals surface area contributed by atoms with E-state index in [1.54, 1.807) is 6.07 Å². The van der Waals surface area contributed by atoms with Crippen LogP contribution in [0.15, 0.2) is 12.1 Å². The standard InChI is InChI=1S/C11H18N4/c12-10-6-7-11(15-14-10)13-8-9-4-2-1-3-5-9/h6-7,9H,1-5,8H2,(H2,12,14)(H,13,15). The molecule has 0 unspecified atom stereocenters. The Hall–Kier alpha value is -1.32. The van der Waals surface area contributed by atoms with Crippen LogP contribution in [0.25, 0.3) is 0 Å². The normalized spacial score (nSPS) is 17.6. The third-order valence-electron chi connectivity index (χ3n) is 2.98. The minimum absolute atomic E-state index is 0.471. The van der Waals surface area contributed by atoms with Crippen molar-refractivity contribution < 1.29 is 0 Å². The molecule has 3 N–H and O–H groups in total. The predicted octanol–water partition coefficient (Wildman–Crippen LogP) is 2.05. The van der Waals surface area contributed by atoms with Gasteiger partial charge in [-0.3, -0.25) is 0 Å². The molecule has 1 fully saturated rings. The molecule has 0 amide bonds. The summed E-state index contributed by atoms with van der Waals surface area (Å²) < 4.78 is 0. The molecule has 15 heavy (non-hydrogen) atoms. The van der Waals surface area contributed by atoms with Crippen LogP contribution < -0.4 is 11.1 Å². The van der Waals surface area contributed by atoms with Crippen LogP contribution in [0, 0.1) is 5.92 Å². The lowest BCUT2D eigenvalue weighted by atomic mass is 9.89. The van der Waals surface area contributed by atoms with E-state index in [2.05, 4.69) is 15.5 Å². The summed E-state index contributed by atoms with van der Waals surface area (Å²) in [5.74, 6) is 2.10. The molecule has 2 rings (SSSR count). The Labute approximate surface area is 90.3 Å². The second-order valence-electron chi connectivity index (χ2n) is 4.23. The van der Waals surface area contributed by atoms with Crippen molar-refractivity contribution in [1.29, 1.82) is 0 Å². The minimum Gasteiger partial charge on any atom is -0.382 e. The van der Waals surface area contributed by atoms with Gasteiger partial charge in [0.1, 0.15) is 11.6 Å². The maximum atomic E-state index is 5.46. The third kappa shape index (κ3) is 3.08. The van der Waals surface area contributed by atoms with Crippen molar-refractivity contribution in [3.05, 3.63) is 12.1 Å². The number of aromatic nitrogens is 2. The summed E-state index contributed by atoms with van der Waals surface area (Å²) in [4.78, 5) is 0. The Kier molecular flexibility index (Phi) is 3.37. The van der Waals surface area contributed by atoms with Gasteiger partial charge in [0.25, 0.3) is 0 Å². The average Bonchev–Trinajstić information content (AvgIpc) is 2.30. The molecular formula is C11H18N4. The maximum Gasteiger partial charge on any atom is 0.148 e. The highest BCUT2D eigenvalue weighted by Gasteiger charge is 2.12. The largest absolute Gasteiger partial charge is 0.382 e. The van der Waals surface area contributed by atoms with Crippen LogP contribution >= 0.6 is 0 Å². The van der Waals surface area contributed by atoms with Gasteiger partial charge in [0.05, 0.1) is 0 Å². The number of nitrogens with one attached hydrogen (secondary N) is 1. The number of anilines is 2. The molecule has 0 saturated heterocycles. The van der Waals surface area contributed by atoms with Crippen molar-refractivity contribution in [2.45, 2.75) is 32.1 Å². The topological polar surface area (TPSA) is 63.8 Å². The molecule has 0 spiro atoms. The number of nitrogens with zero attached hydrogens (tertiary/aromatic N) is 2. The van der Waals surface area contributed by atoms with Gasteiger partial charge < -0.3 is 11.1 Å². The molecule has 0 atom stereocenters. The van der Waals surface area contributed by atoms with Crippen LogP contribution in [-0.4, -0.2) is 16.7 Å². The van der Waals surface area contributed by atoms with E-state index in [-0.39, 0.29) is 0 Å². The van der Waals surface area contributed by atoms with Gasteiger partial charge in [-0.05, 0) is 30.9 Å². The first-order valence-corrected chi connectivity index (χ1v) is 5.67. The highest BCUT2D eigenvalue weighted by atomic mass is 15.2. The Morgan fingerprint density at radius 1 is 1.20 bits per heavy atom. The van der Waals surface area contributed by atoms with Crippen LogP contribution in [0.1, 0.15) is 32.1 Å². The zero-order chi connectivity index (χ0) is 10.5. The second-order valence-corrected chi connectivity index (χ2v) is 4.23. The summed E-state index contributed by atoms with van der Waals surface area (Å²) in [5, 5.41) is 11.1. The van der Waals surface area contributed by atoms with Gasteiger partial charge in [-0.15, -0.1) is 10.2 Å². The maximum absolute atomic E-state index is 5.46. The second kappa shape index (κ2) is 4.96. The first-order chi connectivity index (χ1) is 7.34. The van der Waals surface area contributed by atoms with Crippen molar-refractivity contribution in [3.8, 4) is 0 Å². The van der Waals surface area contributed by atoms with Gasteiger partial charge >= 0.3 is 0 Å². The molecule has 0 radical (unpaired) electrons. The third-order valence-corrected chi connectivity index (χ3v) is 2.98. The van der Waals surface area contributed by atoms with Gasteiger partial charge in [0.15, 0.2) is 0 Å². The summed E-state index contributed by atoms with van der Waals surface area (Å²) in [6.07, 6.45) is 6.84. The minimum atomic E-state index is 0.471. The zero-order valence-electron chi connectivity index (χ0n) is 8.95. The van der Waals surface area contributed by atoms with Crippen molar-refractivity contribution >= 4 is 11.6 Å². The van der Waals surface area contributed by atoms with Gasteiger partial charge in [-0.1, -0.05) is 19.3 Å². The van der Waals surface area contributed by atoms with Gasteiger partial charge in [0, 0.05) is 6.54 Å². The lowest BCUT2D eigenvalue weighted by Gasteiger charge is -2.21. The van der Waals surface area contributed by atoms with E-state index in [4.69, 9.17) is 5.73 Å². The van der Waals surface area contributed by atoms with Crippen LogP contribution in [-0.2, 0) is 0 Å². The van der Waals surface area contributed by atoms with Crippen LogP contribution in [0.3, 0.4) is 0 Å². The molecule has 0 bridgehead atoms. The molecule has 1 aliphatic carbocycles. The van der Waals surface area contributed by atoms with Crippen LogP contribution in [0.5, 0.6) is 0 Å². The molecule has 1 aliphatic rings. The SMILES string of the molecule is Nc1ccc(NCC2CCCCC2)nn1. The Morgan fingerprint density at radius 3 is 2.67 bits per heavy atom. The summed E-state index contributed by atoms with van der Waals surface area (Å²) in [5.41, 5.74) is 5.46. The Morgan fingerprint density at radius 2 is 2.00 bits per heavy atom. The summed E-state index contributed by atoms with van der Waals surface area (Å²) >= 11 is 0. The molecule has 1 heterocycles. The monoisotopic (exact) mass is 206 g/mol. The molecule has 1 aromatic rings. The molecule has 0 aliphatic heterocycles.